The summed E-state index contributed by atoms with van der Waals surface area (Å²) < 4.78 is 28.5. The molecule has 1 heterocycles. The lowest BCUT2D eigenvalue weighted by molar-refractivity contribution is 0.282. The summed E-state index contributed by atoms with van der Waals surface area (Å²) in [7, 11) is -3.51. The Morgan fingerprint density at radius 3 is 2.67 bits per heavy atom. The lowest BCUT2D eigenvalue weighted by atomic mass is 10.1. The Morgan fingerprint density at radius 1 is 1.33 bits per heavy atom. The molecule has 0 saturated carbocycles. The molecule has 2 N–H and O–H groups in total. The molecule has 0 aliphatic carbocycles. The van der Waals surface area contributed by atoms with Crippen molar-refractivity contribution in [1.29, 1.82) is 0 Å². The molecule has 0 bridgehead atoms. The molecule has 0 radical (unpaired) electrons. The largest absolute Gasteiger partial charge is 0.392 e. The van der Waals surface area contributed by atoms with Crippen LogP contribution in [-0.4, -0.2) is 23.3 Å². The summed E-state index contributed by atoms with van der Waals surface area (Å²) in [6.07, 6.45) is 3.15. The van der Waals surface area contributed by atoms with Crippen molar-refractivity contribution in [3.05, 3.63) is 47.8 Å². The molecular weight excluding hydrogens is 290 g/mol. The van der Waals surface area contributed by atoms with Crippen LogP contribution in [0.5, 0.6) is 0 Å². The van der Waals surface area contributed by atoms with E-state index in [2.05, 4.69) is 9.82 Å². The van der Waals surface area contributed by atoms with Gasteiger partial charge in [-0.2, -0.15) is 5.10 Å². The van der Waals surface area contributed by atoms with Crippen molar-refractivity contribution in [2.45, 2.75) is 32.2 Å². The van der Waals surface area contributed by atoms with Gasteiger partial charge in [0, 0.05) is 12.2 Å². The van der Waals surface area contributed by atoms with Crippen LogP contribution < -0.4 is 4.72 Å². The SMILES string of the molecule is CC(C)n1cc(NS(=O)(=O)Cc2cccc(CO)c2)cn1. The second kappa shape index (κ2) is 6.28. The van der Waals surface area contributed by atoms with Crippen molar-refractivity contribution in [2.24, 2.45) is 0 Å². The van der Waals surface area contributed by atoms with Gasteiger partial charge in [-0.1, -0.05) is 24.3 Å². The minimum Gasteiger partial charge on any atom is -0.392 e. The number of aliphatic hydroxyl groups is 1. The van der Waals surface area contributed by atoms with E-state index in [1.165, 1.54) is 6.20 Å². The van der Waals surface area contributed by atoms with E-state index in [1.807, 2.05) is 13.8 Å². The second-order valence-electron chi connectivity index (χ2n) is 5.14. The lowest BCUT2D eigenvalue weighted by Crippen LogP contribution is -2.15. The van der Waals surface area contributed by atoms with Gasteiger partial charge in [0.15, 0.2) is 0 Å². The summed E-state index contributed by atoms with van der Waals surface area (Å²) in [5, 5.41) is 13.2. The van der Waals surface area contributed by atoms with Gasteiger partial charge in [-0.25, -0.2) is 8.42 Å². The maximum atomic E-state index is 12.1. The molecule has 1 aromatic heterocycles. The Balaban J connectivity index is 2.10. The fourth-order valence-corrected chi connectivity index (χ4v) is 3.08. The first-order valence-corrected chi connectivity index (χ1v) is 8.28. The number of anilines is 1. The Labute approximate surface area is 124 Å². The van der Waals surface area contributed by atoms with Crippen LogP contribution in [-0.2, 0) is 22.4 Å². The molecule has 0 aliphatic heterocycles. The number of nitrogens with one attached hydrogen (secondary N) is 1. The molecule has 7 heteroatoms. The molecule has 114 valence electrons. The fourth-order valence-electron chi connectivity index (χ4n) is 1.93. The summed E-state index contributed by atoms with van der Waals surface area (Å²) in [4.78, 5) is 0. The van der Waals surface area contributed by atoms with Crippen LogP contribution in [0.15, 0.2) is 36.7 Å². The van der Waals surface area contributed by atoms with Gasteiger partial charge in [-0.15, -0.1) is 0 Å². The minimum atomic E-state index is -3.51. The van der Waals surface area contributed by atoms with Crippen LogP contribution in [0.3, 0.4) is 0 Å². The molecule has 0 unspecified atom stereocenters. The summed E-state index contributed by atoms with van der Waals surface area (Å²) in [6, 6.07) is 7.04. The summed E-state index contributed by atoms with van der Waals surface area (Å²) in [5.41, 5.74) is 1.77. The first-order valence-electron chi connectivity index (χ1n) is 6.63. The van der Waals surface area contributed by atoms with Gasteiger partial charge < -0.3 is 5.11 Å². The van der Waals surface area contributed by atoms with Gasteiger partial charge in [0.25, 0.3) is 0 Å². The van der Waals surface area contributed by atoms with Crippen LogP contribution in [0.4, 0.5) is 5.69 Å². The van der Waals surface area contributed by atoms with Gasteiger partial charge in [-0.05, 0) is 25.0 Å². The molecule has 0 aliphatic rings. The zero-order valence-corrected chi connectivity index (χ0v) is 12.8. The topological polar surface area (TPSA) is 84.2 Å². The predicted molar refractivity (Wildman–Crippen MR) is 81.2 cm³/mol. The monoisotopic (exact) mass is 309 g/mol. The number of aromatic nitrogens is 2. The van der Waals surface area contributed by atoms with E-state index in [-0.39, 0.29) is 18.4 Å². The quantitative estimate of drug-likeness (QED) is 0.853. The van der Waals surface area contributed by atoms with E-state index in [0.717, 1.165) is 0 Å². The highest BCUT2D eigenvalue weighted by Crippen LogP contribution is 2.15. The normalized spacial score (nSPS) is 11.8. The standard InChI is InChI=1S/C14H19N3O3S/c1-11(2)17-8-14(7-15-17)16-21(19,20)10-13-5-3-4-12(6-13)9-18/h3-8,11,16,18H,9-10H2,1-2H3. The summed E-state index contributed by atoms with van der Waals surface area (Å²) >= 11 is 0. The molecule has 2 aromatic rings. The summed E-state index contributed by atoms with van der Waals surface area (Å²) in [6.45, 7) is 3.82. The van der Waals surface area contributed by atoms with Crippen LogP contribution >= 0.6 is 0 Å². The van der Waals surface area contributed by atoms with E-state index < -0.39 is 10.0 Å². The van der Waals surface area contributed by atoms with Crippen LogP contribution in [0.2, 0.25) is 0 Å². The van der Waals surface area contributed by atoms with Crippen molar-refractivity contribution >= 4 is 15.7 Å². The van der Waals surface area contributed by atoms with E-state index in [0.29, 0.717) is 16.8 Å². The number of hydrogen-bond donors (Lipinski definition) is 2. The zero-order valence-electron chi connectivity index (χ0n) is 12.0. The van der Waals surface area contributed by atoms with E-state index in [4.69, 9.17) is 5.11 Å². The number of benzene rings is 1. The number of sulfonamides is 1. The predicted octanol–water partition coefficient (Wildman–Crippen LogP) is 1.90. The molecule has 1 aromatic carbocycles. The number of nitrogens with zero attached hydrogens (tertiary/aromatic N) is 2. The fraction of sp³-hybridized carbons (Fsp3) is 0.357. The van der Waals surface area contributed by atoms with Gasteiger partial charge >= 0.3 is 0 Å². The molecule has 0 atom stereocenters. The molecule has 6 nitrogen and oxygen atoms in total. The zero-order chi connectivity index (χ0) is 15.5. The Morgan fingerprint density at radius 2 is 2.05 bits per heavy atom. The highest BCUT2D eigenvalue weighted by molar-refractivity contribution is 7.91. The van der Waals surface area contributed by atoms with Crippen LogP contribution in [0.25, 0.3) is 0 Å². The molecule has 0 amide bonds. The first kappa shape index (κ1) is 15.5. The maximum absolute atomic E-state index is 12.1. The van der Waals surface area contributed by atoms with Crippen molar-refractivity contribution in [3.63, 3.8) is 0 Å². The average Bonchev–Trinajstić information content (AvgIpc) is 2.86. The smallest absolute Gasteiger partial charge is 0.237 e. The van der Waals surface area contributed by atoms with E-state index >= 15 is 0 Å². The van der Waals surface area contributed by atoms with Crippen LogP contribution in [0, 0.1) is 0 Å². The molecule has 2 rings (SSSR count). The van der Waals surface area contributed by atoms with Gasteiger partial charge in [0.05, 0.1) is 24.2 Å². The molecule has 0 saturated heterocycles. The first-order chi connectivity index (χ1) is 9.89. The highest BCUT2D eigenvalue weighted by Gasteiger charge is 2.13. The third-order valence-corrected chi connectivity index (χ3v) is 4.19. The minimum absolute atomic E-state index is 0.109. The molecule has 0 fully saturated rings. The average molecular weight is 309 g/mol. The van der Waals surface area contributed by atoms with Crippen molar-refractivity contribution in [2.75, 3.05) is 4.72 Å². The molecular formula is C14H19N3O3S. The van der Waals surface area contributed by atoms with E-state index in [9.17, 15) is 8.42 Å². The number of aliphatic hydroxyl groups excluding tert-OH is 1. The highest BCUT2D eigenvalue weighted by atomic mass is 32.2. The summed E-state index contributed by atoms with van der Waals surface area (Å²) in [5.74, 6) is -0.145. The van der Waals surface area contributed by atoms with Crippen molar-refractivity contribution in [3.8, 4) is 0 Å². The lowest BCUT2D eigenvalue weighted by Gasteiger charge is -2.07. The van der Waals surface area contributed by atoms with Crippen molar-refractivity contribution in [1.82, 2.24) is 9.78 Å². The Hall–Kier alpha value is -1.86. The van der Waals surface area contributed by atoms with Gasteiger partial charge in [0.1, 0.15) is 0 Å². The van der Waals surface area contributed by atoms with Gasteiger partial charge in [0.2, 0.25) is 10.0 Å². The third-order valence-electron chi connectivity index (χ3n) is 2.93. The molecule has 0 spiro atoms. The Bertz CT molecular complexity index is 708. The maximum Gasteiger partial charge on any atom is 0.237 e. The number of rotatable bonds is 6. The Kier molecular flexibility index (Phi) is 4.64. The number of hydrogen-bond acceptors (Lipinski definition) is 4. The molecule has 21 heavy (non-hydrogen) atoms. The second-order valence-corrected chi connectivity index (χ2v) is 6.86. The van der Waals surface area contributed by atoms with Gasteiger partial charge in [-0.3, -0.25) is 9.40 Å². The third kappa shape index (κ3) is 4.30. The van der Waals surface area contributed by atoms with Crippen molar-refractivity contribution < 1.29 is 13.5 Å². The van der Waals surface area contributed by atoms with Crippen LogP contribution in [0.1, 0.15) is 31.0 Å². The van der Waals surface area contributed by atoms with E-state index in [1.54, 1.807) is 35.1 Å².